The fraction of sp³-hybridized carbons (Fsp3) is 0.417. The van der Waals surface area contributed by atoms with Gasteiger partial charge in [0.1, 0.15) is 5.75 Å². The van der Waals surface area contributed by atoms with Crippen LogP contribution in [-0.2, 0) is 4.79 Å². The number of hydrogen-bond donors (Lipinski definition) is 0. The van der Waals surface area contributed by atoms with Crippen LogP contribution in [0.5, 0.6) is 5.75 Å². The fourth-order valence-corrected chi connectivity index (χ4v) is 1.17. The van der Waals surface area contributed by atoms with Crippen molar-refractivity contribution in [3.63, 3.8) is 0 Å². The summed E-state index contributed by atoms with van der Waals surface area (Å²) in [6.07, 6.45) is 0. The van der Waals surface area contributed by atoms with Crippen molar-refractivity contribution in [3.05, 3.63) is 29.3 Å². The average molecular weight is 227 g/mol. The van der Waals surface area contributed by atoms with Crippen LogP contribution in [0.2, 0.25) is 0 Å². The van der Waals surface area contributed by atoms with Gasteiger partial charge in [-0.1, -0.05) is 12.1 Å². The molecule has 82 valence electrons. The van der Waals surface area contributed by atoms with Crippen molar-refractivity contribution in [2.24, 2.45) is 0 Å². The van der Waals surface area contributed by atoms with E-state index in [1.165, 1.54) is 0 Å². The van der Waals surface area contributed by atoms with Crippen LogP contribution < -0.4 is 4.74 Å². The lowest BCUT2D eigenvalue weighted by Gasteiger charge is -2.23. The molecule has 15 heavy (non-hydrogen) atoms. The first-order valence-corrected chi connectivity index (χ1v) is 5.17. The molecule has 0 heterocycles. The molecule has 0 aliphatic rings. The summed E-state index contributed by atoms with van der Waals surface area (Å²) in [5, 5.41) is -0.497. The van der Waals surface area contributed by atoms with Crippen LogP contribution in [0.3, 0.4) is 0 Å². The first-order valence-electron chi connectivity index (χ1n) is 4.79. The van der Waals surface area contributed by atoms with Gasteiger partial charge in [-0.05, 0) is 56.5 Å². The first kappa shape index (κ1) is 12.1. The smallest absolute Gasteiger partial charge is 0.264 e. The molecule has 0 amide bonds. The monoisotopic (exact) mass is 226 g/mol. The minimum Gasteiger partial charge on any atom is -0.478 e. The highest BCUT2D eigenvalue weighted by molar-refractivity contribution is 6.65. The molecule has 0 aromatic heterocycles. The third-order valence-electron chi connectivity index (χ3n) is 2.18. The standard InChI is InChI=1S/C12H15ClO2/c1-8-5-6-9(2)10(7-8)15-12(3,4)11(13)14/h5-7H,1-4H3. The van der Waals surface area contributed by atoms with Gasteiger partial charge >= 0.3 is 0 Å². The predicted octanol–water partition coefficient (Wildman–Crippen LogP) is 3.23. The van der Waals surface area contributed by atoms with Gasteiger partial charge in [0.25, 0.3) is 5.24 Å². The van der Waals surface area contributed by atoms with E-state index in [-0.39, 0.29) is 0 Å². The second kappa shape index (κ2) is 4.23. The predicted molar refractivity (Wildman–Crippen MR) is 61.5 cm³/mol. The molecule has 0 aliphatic heterocycles. The summed E-state index contributed by atoms with van der Waals surface area (Å²) in [5.74, 6) is 0.703. The minimum absolute atomic E-state index is 0.497. The number of hydrogen-bond acceptors (Lipinski definition) is 2. The first-order chi connectivity index (χ1) is 6.83. The fourth-order valence-electron chi connectivity index (χ4n) is 1.13. The SMILES string of the molecule is Cc1ccc(C)c(OC(C)(C)C(=O)Cl)c1. The van der Waals surface area contributed by atoms with E-state index in [4.69, 9.17) is 16.3 Å². The zero-order valence-corrected chi connectivity index (χ0v) is 10.2. The lowest BCUT2D eigenvalue weighted by atomic mass is 10.1. The van der Waals surface area contributed by atoms with Gasteiger partial charge in [-0.3, -0.25) is 4.79 Å². The maximum absolute atomic E-state index is 11.1. The van der Waals surface area contributed by atoms with E-state index in [0.29, 0.717) is 5.75 Å². The number of aryl methyl sites for hydroxylation is 2. The molecule has 0 atom stereocenters. The van der Waals surface area contributed by atoms with Crippen LogP contribution in [-0.4, -0.2) is 10.8 Å². The Morgan fingerprint density at radius 1 is 1.33 bits per heavy atom. The summed E-state index contributed by atoms with van der Waals surface area (Å²) in [6, 6.07) is 5.86. The highest BCUT2D eigenvalue weighted by atomic mass is 35.5. The van der Waals surface area contributed by atoms with Crippen LogP contribution in [0.25, 0.3) is 0 Å². The maximum Gasteiger partial charge on any atom is 0.264 e. The molecule has 1 aromatic carbocycles. The third kappa shape index (κ3) is 2.96. The molecule has 0 aliphatic carbocycles. The Kier molecular flexibility index (Phi) is 3.40. The lowest BCUT2D eigenvalue weighted by Crippen LogP contribution is -2.35. The second-order valence-electron chi connectivity index (χ2n) is 4.16. The largest absolute Gasteiger partial charge is 0.478 e. The van der Waals surface area contributed by atoms with Gasteiger partial charge in [0.15, 0.2) is 5.60 Å². The summed E-state index contributed by atoms with van der Waals surface area (Å²) < 4.78 is 5.59. The van der Waals surface area contributed by atoms with E-state index in [1.807, 2.05) is 32.0 Å². The van der Waals surface area contributed by atoms with Crippen LogP contribution in [0.15, 0.2) is 18.2 Å². The van der Waals surface area contributed by atoms with E-state index >= 15 is 0 Å². The highest BCUT2D eigenvalue weighted by Gasteiger charge is 2.28. The van der Waals surface area contributed by atoms with Gasteiger partial charge in [-0.15, -0.1) is 0 Å². The summed E-state index contributed by atoms with van der Waals surface area (Å²) in [5.41, 5.74) is 1.10. The molecule has 0 saturated carbocycles. The van der Waals surface area contributed by atoms with Crippen LogP contribution in [0.1, 0.15) is 25.0 Å². The van der Waals surface area contributed by atoms with E-state index in [2.05, 4.69) is 0 Å². The van der Waals surface area contributed by atoms with Crippen molar-refractivity contribution in [3.8, 4) is 5.75 Å². The molecule has 0 unspecified atom stereocenters. The summed E-state index contributed by atoms with van der Waals surface area (Å²) in [6.45, 7) is 7.22. The number of halogens is 1. The number of rotatable bonds is 3. The summed E-state index contributed by atoms with van der Waals surface area (Å²) >= 11 is 5.45. The molecule has 1 aromatic rings. The Bertz CT molecular complexity index is 383. The summed E-state index contributed by atoms with van der Waals surface area (Å²) in [4.78, 5) is 11.1. The van der Waals surface area contributed by atoms with Gasteiger partial charge in [-0.2, -0.15) is 0 Å². The van der Waals surface area contributed by atoms with Crippen molar-refractivity contribution in [1.82, 2.24) is 0 Å². The van der Waals surface area contributed by atoms with Crippen molar-refractivity contribution in [2.75, 3.05) is 0 Å². The van der Waals surface area contributed by atoms with Crippen molar-refractivity contribution in [1.29, 1.82) is 0 Å². The van der Waals surface area contributed by atoms with Gasteiger partial charge in [0.2, 0.25) is 0 Å². The van der Waals surface area contributed by atoms with E-state index in [1.54, 1.807) is 13.8 Å². The minimum atomic E-state index is -0.986. The molecule has 0 fully saturated rings. The highest BCUT2D eigenvalue weighted by Crippen LogP contribution is 2.25. The Balaban J connectivity index is 2.99. The zero-order chi connectivity index (χ0) is 11.6. The Labute approximate surface area is 95.2 Å². The van der Waals surface area contributed by atoms with E-state index in [0.717, 1.165) is 11.1 Å². The Hall–Kier alpha value is -1.02. The van der Waals surface area contributed by atoms with Gasteiger partial charge in [0, 0.05) is 0 Å². The molecule has 0 spiro atoms. The number of benzene rings is 1. The van der Waals surface area contributed by atoms with Crippen molar-refractivity contribution < 1.29 is 9.53 Å². The maximum atomic E-state index is 11.1. The molecule has 2 nitrogen and oxygen atoms in total. The van der Waals surface area contributed by atoms with Gasteiger partial charge < -0.3 is 4.74 Å². The molecule has 0 radical (unpaired) electrons. The molecular formula is C12H15ClO2. The van der Waals surface area contributed by atoms with E-state index < -0.39 is 10.8 Å². The third-order valence-corrected chi connectivity index (χ3v) is 2.64. The molecule has 3 heteroatoms. The molecule has 0 N–H and O–H groups in total. The topological polar surface area (TPSA) is 26.3 Å². The average Bonchev–Trinajstić information content (AvgIpc) is 2.10. The van der Waals surface area contributed by atoms with Crippen LogP contribution in [0, 0.1) is 13.8 Å². The Morgan fingerprint density at radius 3 is 2.47 bits per heavy atom. The number of carbonyl (C=O) groups is 1. The molecule has 0 bridgehead atoms. The molecule has 1 rings (SSSR count). The number of ether oxygens (including phenoxy) is 1. The normalized spacial score (nSPS) is 11.3. The molecule has 0 saturated heterocycles. The van der Waals surface area contributed by atoms with E-state index in [9.17, 15) is 4.79 Å². The van der Waals surface area contributed by atoms with Crippen LogP contribution >= 0.6 is 11.6 Å². The van der Waals surface area contributed by atoms with Crippen LogP contribution in [0.4, 0.5) is 0 Å². The molecular weight excluding hydrogens is 212 g/mol. The van der Waals surface area contributed by atoms with Crippen molar-refractivity contribution >= 4 is 16.8 Å². The lowest BCUT2D eigenvalue weighted by molar-refractivity contribution is -0.123. The zero-order valence-electron chi connectivity index (χ0n) is 9.43. The van der Waals surface area contributed by atoms with Gasteiger partial charge in [-0.25, -0.2) is 0 Å². The summed E-state index contributed by atoms with van der Waals surface area (Å²) in [7, 11) is 0. The quantitative estimate of drug-likeness (QED) is 0.740. The second-order valence-corrected chi connectivity index (χ2v) is 4.50. The van der Waals surface area contributed by atoms with Crippen molar-refractivity contribution in [2.45, 2.75) is 33.3 Å². The Morgan fingerprint density at radius 2 is 1.93 bits per heavy atom. The van der Waals surface area contributed by atoms with Gasteiger partial charge in [0.05, 0.1) is 0 Å². The number of carbonyl (C=O) groups excluding carboxylic acids is 1.